The van der Waals surface area contributed by atoms with Crippen LogP contribution in [0.15, 0.2) is 11.1 Å². The summed E-state index contributed by atoms with van der Waals surface area (Å²) in [6, 6.07) is 0. The highest BCUT2D eigenvalue weighted by Crippen LogP contribution is 2.38. The molecule has 0 unspecified atom stereocenters. The smallest absolute Gasteiger partial charge is 0.166 e. The largest absolute Gasteiger partial charge is 0.294 e. The Balaban J connectivity index is 3.14. The first-order valence-corrected chi connectivity index (χ1v) is 5.13. The van der Waals surface area contributed by atoms with Crippen LogP contribution >= 0.6 is 0 Å². The number of rotatable bonds is 2. The number of hydrogen-bond donors (Lipinski definition) is 0. The molecule has 0 fully saturated rings. The van der Waals surface area contributed by atoms with Crippen LogP contribution in [-0.2, 0) is 9.59 Å². The van der Waals surface area contributed by atoms with Gasteiger partial charge in [-0.05, 0) is 25.2 Å². The van der Waals surface area contributed by atoms with Crippen molar-refractivity contribution in [3.05, 3.63) is 11.1 Å². The molecule has 0 N–H and O–H groups in total. The van der Waals surface area contributed by atoms with Crippen LogP contribution in [0, 0.1) is 5.41 Å². The predicted octanol–water partition coefficient (Wildman–Crippen LogP) is 2.67. The van der Waals surface area contributed by atoms with Gasteiger partial charge in [-0.2, -0.15) is 0 Å². The third kappa shape index (κ3) is 2.11. The molecule has 0 saturated heterocycles. The molecule has 1 aliphatic carbocycles. The molecule has 0 bridgehead atoms. The van der Waals surface area contributed by atoms with Crippen molar-refractivity contribution in [1.82, 2.24) is 0 Å². The fourth-order valence-electron chi connectivity index (χ4n) is 2.20. The third-order valence-corrected chi connectivity index (χ3v) is 2.74. The van der Waals surface area contributed by atoms with Gasteiger partial charge in [0, 0.05) is 6.42 Å². The number of Topliss-reactive ketones (excluding diaryl/α,β-unsaturated/α-hetero) is 2. The maximum atomic E-state index is 11.7. The van der Waals surface area contributed by atoms with E-state index in [9.17, 15) is 9.59 Å². The van der Waals surface area contributed by atoms with E-state index in [0.717, 1.165) is 18.4 Å². The van der Waals surface area contributed by atoms with Gasteiger partial charge >= 0.3 is 0 Å². The van der Waals surface area contributed by atoms with Gasteiger partial charge in [0.05, 0.1) is 5.57 Å². The summed E-state index contributed by atoms with van der Waals surface area (Å²) in [4.78, 5) is 23.1. The van der Waals surface area contributed by atoms with Crippen molar-refractivity contribution in [1.29, 1.82) is 0 Å². The molecule has 78 valence electrons. The molecule has 0 atom stereocenters. The molecule has 0 aromatic heterocycles. The Kier molecular flexibility index (Phi) is 2.93. The average Bonchev–Trinajstić information content (AvgIpc) is 1.99. The summed E-state index contributed by atoms with van der Waals surface area (Å²) in [5, 5.41) is 0. The number of carbonyl (C=O) groups is 2. The van der Waals surface area contributed by atoms with Crippen LogP contribution in [0.4, 0.5) is 0 Å². The highest BCUT2D eigenvalue weighted by molar-refractivity contribution is 6.20. The Morgan fingerprint density at radius 1 is 1.36 bits per heavy atom. The Hall–Kier alpha value is -0.920. The summed E-state index contributed by atoms with van der Waals surface area (Å²) in [6.45, 7) is 7.66. The van der Waals surface area contributed by atoms with Crippen LogP contribution in [0.5, 0.6) is 0 Å². The number of hydrogen-bond acceptors (Lipinski definition) is 2. The number of allylic oxidation sites excluding steroid dienone is 2. The highest BCUT2D eigenvalue weighted by Gasteiger charge is 2.33. The second kappa shape index (κ2) is 3.68. The Morgan fingerprint density at radius 2 is 1.93 bits per heavy atom. The number of carbonyl (C=O) groups excluding carboxylic acids is 2. The topological polar surface area (TPSA) is 34.1 Å². The van der Waals surface area contributed by atoms with Gasteiger partial charge in [0.1, 0.15) is 0 Å². The van der Waals surface area contributed by atoms with E-state index in [1.807, 2.05) is 6.92 Å². The van der Waals surface area contributed by atoms with E-state index in [4.69, 9.17) is 0 Å². The number of ketones is 2. The minimum atomic E-state index is -0.0673. The molecule has 0 spiro atoms. The van der Waals surface area contributed by atoms with Crippen LogP contribution in [0.3, 0.4) is 0 Å². The van der Waals surface area contributed by atoms with Crippen molar-refractivity contribution in [2.24, 2.45) is 5.41 Å². The van der Waals surface area contributed by atoms with Crippen molar-refractivity contribution in [3.63, 3.8) is 0 Å². The molecule has 0 aromatic carbocycles. The molecular formula is C12H18O2. The lowest BCUT2D eigenvalue weighted by Gasteiger charge is -2.31. The van der Waals surface area contributed by atoms with E-state index in [0.29, 0.717) is 12.0 Å². The Morgan fingerprint density at radius 3 is 2.36 bits per heavy atom. The molecule has 1 aliphatic rings. The quantitative estimate of drug-likeness (QED) is 0.633. The van der Waals surface area contributed by atoms with Crippen LogP contribution in [0.2, 0.25) is 0 Å². The summed E-state index contributed by atoms with van der Waals surface area (Å²) in [5.41, 5.74) is 1.55. The van der Waals surface area contributed by atoms with Crippen LogP contribution in [0.25, 0.3) is 0 Å². The molecule has 0 heterocycles. The van der Waals surface area contributed by atoms with E-state index < -0.39 is 0 Å². The first-order valence-electron chi connectivity index (χ1n) is 5.13. The van der Waals surface area contributed by atoms with Gasteiger partial charge in [-0.1, -0.05) is 26.3 Å². The van der Waals surface area contributed by atoms with Crippen molar-refractivity contribution >= 4 is 11.6 Å². The highest BCUT2D eigenvalue weighted by atomic mass is 16.1. The van der Waals surface area contributed by atoms with Gasteiger partial charge < -0.3 is 0 Å². The molecule has 0 aliphatic heterocycles. The minimum absolute atomic E-state index is 0.0291. The van der Waals surface area contributed by atoms with Gasteiger partial charge in [0.2, 0.25) is 0 Å². The summed E-state index contributed by atoms with van der Waals surface area (Å²) in [7, 11) is 0. The van der Waals surface area contributed by atoms with Crippen molar-refractivity contribution < 1.29 is 9.59 Å². The molecule has 2 heteroatoms. The zero-order chi connectivity index (χ0) is 10.9. The van der Waals surface area contributed by atoms with Gasteiger partial charge in [0.25, 0.3) is 0 Å². The molecule has 14 heavy (non-hydrogen) atoms. The molecule has 0 saturated carbocycles. The standard InChI is InChI=1S/C12H18O2/c1-5-9-6-12(3,4)7-10(14)11(9)8(2)13/h5-7H2,1-4H3. The van der Waals surface area contributed by atoms with Crippen molar-refractivity contribution in [2.75, 3.05) is 0 Å². The maximum absolute atomic E-state index is 11.7. The summed E-state index contributed by atoms with van der Waals surface area (Å²) < 4.78 is 0. The van der Waals surface area contributed by atoms with Crippen LogP contribution in [0.1, 0.15) is 47.0 Å². The second-order valence-electron chi connectivity index (χ2n) is 4.83. The average molecular weight is 194 g/mol. The normalized spacial score (nSPS) is 21.3. The lowest BCUT2D eigenvalue weighted by Crippen LogP contribution is -2.28. The lowest BCUT2D eigenvalue weighted by molar-refractivity contribution is -0.122. The van der Waals surface area contributed by atoms with Crippen molar-refractivity contribution in [2.45, 2.75) is 47.0 Å². The second-order valence-corrected chi connectivity index (χ2v) is 4.83. The summed E-state index contributed by atoms with van der Waals surface area (Å²) >= 11 is 0. The molecular weight excluding hydrogens is 176 g/mol. The first kappa shape index (κ1) is 11.2. The van der Waals surface area contributed by atoms with Gasteiger partial charge in [-0.3, -0.25) is 9.59 Å². The molecule has 0 amide bonds. The van der Waals surface area contributed by atoms with E-state index in [2.05, 4.69) is 13.8 Å². The zero-order valence-electron chi connectivity index (χ0n) is 9.44. The van der Waals surface area contributed by atoms with E-state index in [-0.39, 0.29) is 17.0 Å². The van der Waals surface area contributed by atoms with Crippen molar-refractivity contribution in [3.8, 4) is 0 Å². The first-order chi connectivity index (χ1) is 6.37. The molecule has 0 aromatic rings. The van der Waals surface area contributed by atoms with E-state index in [1.165, 1.54) is 6.92 Å². The van der Waals surface area contributed by atoms with Gasteiger partial charge in [-0.15, -0.1) is 0 Å². The SMILES string of the molecule is CCC1=C(C(C)=O)C(=O)CC(C)(C)C1. The van der Waals surface area contributed by atoms with Gasteiger partial charge in [-0.25, -0.2) is 0 Å². The monoisotopic (exact) mass is 194 g/mol. The molecule has 0 radical (unpaired) electrons. The minimum Gasteiger partial charge on any atom is -0.294 e. The van der Waals surface area contributed by atoms with Crippen LogP contribution in [-0.4, -0.2) is 11.6 Å². The maximum Gasteiger partial charge on any atom is 0.166 e. The predicted molar refractivity (Wildman–Crippen MR) is 56.0 cm³/mol. The molecule has 2 nitrogen and oxygen atoms in total. The third-order valence-electron chi connectivity index (χ3n) is 2.74. The summed E-state index contributed by atoms with van der Waals surface area (Å²) in [5.74, 6) is -0.0343. The fraction of sp³-hybridized carbons (Fsp3) is 0.667. The fourth-order valence-corrected chi connectivity index (χ4v) is 2.20. The van der Waals surface area contributed by atoms with Crippen LogP contribution < -0.4 is 0 Å². The zero-order valence-corrected chi connectivity index (χ0v) is 9.44. The Bertz CT molecular complexity index is 308. The molecule has 1 rings (SSSR count). The van der Waals surface area contributed by atoms with E-state index in [1.54, 1.807) is 0 Å². The van der Waals surface area contributed by atoms with E-state index >= 15 is 0 Å². The van der Waals surface area contributed by atoms with Gasteiger partial charge in [0.15, 0.2) is 11.6 Å². The lowest BCUT2D eigenvalue weighted by atomic mass is 9.72. The summed E-state index contributed by atoms with van der Waals surface area (Å²) in [6.07, 6.45) is 2.19. The Labute approximate surface area is 85.4 Å².